The van der Waals surface area contributed by atoms with E-state index in [2.05, 4.69) is 10.0 Å². The maximum absolute atomic E-state index is 13.6. The number of benzene rings is 3. The topological polar surface area (TPSA) is 104 Å². The number of rotatable bonds is 7. The first-order valence-corrected chi connectivity index (χ1v) is 11.4. The number of halogens is 3. The molecule has 0 saturated heterocycles. The number of hydrogen-bond donors (Lipinski definition) is 3. The summed E-state index contributed by atoms with van der Waals surface area (Å²) in [5.74, 6) is -6.21. The molecule has 0 aliphatic heterocycles. The molecule has 0 heterocycles. The lowest BCUT2D eigenvalue weighted by Crippen LogP contribution is -2.33. The highest BCUT2D eigenvalue weighted by atomic mass is 32.2. The van der Waals surface area contributed by atoms with Gasteiger partial charge in [-0.2, -0.15) is 0 Å². The Balaban J connectivity index is 1.60. The van der Waals surface area contributed by atoms with Gasteiger partial charge < -0.3 is 10.6 Å². The molecule has 0 aliphatic rings. The van der Waals surface area contributed by atoms with E-state index >= 15 is 0 Å². The van der Waals surface area contributed by atoms with Crippen LogP contribution in [0.2, 0.25) is 0 Å². The highest BCUT2D eigenvalue weighted by Crippen LogP contribution is 2.21. The number of carbonyl (C=O) groups excluding carboxylic acids is 2. The van der Waals surface area contributed by atoms with Crippen molar-refractivity contribution in [1.29, 1.82) is 0 Å². The third-order valence-corrected chi connectivity index (χ3v) is 6.27. The molecule has 0 aliphatic carbocycles. The van der Waals surface area contributed by atoms with Crippen molar-refractivity contribution in [2.75, 3.05) is 16.6 Å². The largest absolute Gasteiger partial charge is 0.343 e. The van der Waals surface area contributed by atoms with Crippen molar-refractivity contribution < 1.29 is 31.2 Å². The molecule has 2 amide bonds. The Labute approximate surface area is 194 Å². The maximum atomic E-state index is 13.6. The minimum atomic E-state index is -3.84. The third-order valence-electron chi connectivity index (χ3n) is 4.75. The third kappa shape index (κ3) is 5.73. The van der Waals surface area contributed by atoms with Crippen LogP contribution in [-0.2, 0) is 14.8 Å². The van der Waals surface area contributed by atoms with Crippen LogP contribution in [0.5, 0.6) is 0 Å². The van der Waals surface area contributed by atoms with Crippen molar-refractivity contribution in [3.63, 3.8) is 0 Å². The summed E-state index contributed by atoms with van der Waals surface area (Å²) >= 11 is 0. The first-order chi connectivity index (χ1) is 16.0. The van der Waals surface area contributed by atoms with E-state index in [-0.39, 0.29) is 16.1 Å². The van der Waals surface area contributed by atoms with E-state index < -0.39 is 51.5 Å². The zero-order valence-electron chi connectivity index (χ0n) is 18.1. The molecular weight excluding hydrogens is 471 g/mol. The van der Waals surface area contributed by atoms with Crippen molar-refractivity contribution in [2.45, 2.75) is 18.7 Å². The smallest absolute Gasteiger partial charge is 0.262 e. The molecular formula is C23H20F3N3O4S. The fourth-order valence-corrected chi connectivity index (χ4v) is 4.37. The second-order valence-corrected chi connectivity index (χ2v) is 9.06. The molecule has 7 nitrogen and oxygen atoms in total. The van der Waals surface area contributed by atoms with Crippen molar-refractivity contribution >= 4 is 33.2 Å². The minimum Gasteiger partial charge on any atom is -0.343 e. The van der Waals surface area contributed by atoms with E-state index in [1.54, 1.807) is 32.0 Å². The number of hydrogen-bond acceptors (Lipinski definition) is 4. The Kier molecular flexibility index (Phi) is 7.26. The number of amides is 2. The molecule has 0 radical (unpaired) electrons. The molecule has 34 heavy (non-hydrogen) atoms. The summed E-state index contributed by atoms with van der Waals surface area (Å²) in [4.78, 5) is 24.3. The number of anilines is 2. The molecule has 0 atom stereocenters. The van der Waals surface area contributed by atoms with E-state index in [0.29, 0.717) is 11.6 Å². The lowest BCUT2D eigenvalue weighted by atomic mass is 10.2. The highest BCUT2D eigenvalue weighted by Gasteiger charge is 2.18. The number of aryl methyl sites for hydroxylation is 2. The molecule has 0 aromatic heterocycles. The molecule has 0 spiro atoms. The van der Waals surface area contributed by atoms with Crippen LogP contribution < -0.4 is 15.4 Å². The molecule has 11 heteroatoms. The van der Waals surface area contributed by atoms with Crippen LogP contribution in [0, 0.1) is 31.3 Å². The van der Waals surface area contributed by atoms with Crippen molar-refractivity contribution in [3.8, 4) is 0 Å². The predicted molar refractivity (Wildman–Crippen MR) is 120 cm³/mol. The second-order valence-electron chi connectivity index (χ2n) is 7.41. The van der Waals surface area contributed by atoms with Gasteiger partial charge in [-0.25, -0.2) is 21.6 Å². The van der Waals surface area contributed by atoms with Crippen molar-refractivity contribution in [3.05, 3.63) is 88.7 Å². The summed E-state index contributed by atoms with van der Waals surface area (Å²) in [7, 11) is -3.84. The first-order valence-electron chi connectivity index (χ1n) is 9.89. The Bertz CT molecular complexity index is 1360. The van der Waals surface area contributed by atoms with Gasteiger partial charge in [0.15, 0.2) is 17.5 Å². The molecule has 0 unspecified atom stereocenters. The molecule has 3 rings (SSSR count). The highest BCUT2D eigenvalue weighted by molar-refractivity contribution is 7.92. The van der Waals surface area contributed by atoms with E-state index in [1.807, 2.05) is 5.32 Å². The van der Waals surface area contributed by atoms with Crippen LogP contribution in [0.3, 0.4) is 0 Å². The van der Waals surface area contributed by atoms with Crippen LogP contribution in [-0.4, -0.2) is 26.8 Å². The van der Waals surface area contributed by atoms with Gasteiger partial charge in [0.2, 0.25) is 5.91 Å². The lowest BCUT2D eigenvalue weighted by molar-refractivity contribution is -0.115. The molecule has 178 valence electrons. The van der Waals surface area contributed by atoms with Crippen LogP contribution in [0.25, 0.3) is 0 Å². The van der Waals surface area contributed by atoms with Gasteiger partial charge >= 0.3 is 0 Å². The van der Waals surface area contributed by atoms with Gasteiger partial charge in [0.25, 0.3) is 15.9 Å². The zero-order valence-corrected chi connectivity index (χ0v) is 18.9. The summed E-state index contributed by atoms with van der Waals surface area (Å²) in [6, 6.07) is 12.0. The van der Waals surface area contributed by atoms with Gasteiger partial charge in [0.1, 0.15) is 0 Å². The zero-order chi connectivity index (χ0) is 25.0. The first kappa shape index (κ1) is 24.8. The SMILES string of the molecule is Cc1ccc(C)c(S(=O)(=O)Nc2ccc(C(=O)NCC(=O)Nc3ccc(F)c(F)c3F)cc2)c1. The van der Waals surface area contributed by atoms with Crippen LogP contribution in [0.4, 0.5) is 24.5 Å². The van der Waals surface area contributed by atoms with Gasteiger partial charge in [-0.3, -0.25) is 14.3 Å². The summed E-state index contributed by atoms with van der Waals surface area (Å²) in [6.07, 6.45) is 0. The standard InChI is InChI=1S/C23H20F3N3O4S/c1-13-3-4-14(2)19(11-13)34(32,33)29-16-7-5-15(6-8-16)23(31)27-12-20(30)28-18-10-9-17(24)21(25)22(18)26/h3-11,29H,12H2,1-2H3,(H,27,31)(H,28,30). The Hall–Kier alpha value is -3.86. The monoisotopic (exact) mass is 491 g/mol. The van der Waals surface area contributed by atoms with Crippen molar-refractivity contribution in [1.82, 2.24) is 5.32 Å². The Morgan fingerprint density at radius 1 is 0.882 bits per heavy atom. The fourth-order valence-electron chi connectivity index (χ4n) is 2.98. The number of sulfonamides is 1. The molecule has 0 fully saturated rings. The van der Waals surface area contributed by atoms with Gasteiger partial charge in [0, 0.05) is 11.3 Å². The van der Waals surface area contributed by atoms with Crippen LogP contribution >= 0.6 is 0 Å². The summed E-state index contributed by atoms with van der Waals surface area (Å²) in [5, 5.41) is 4.32. The van der Waals surface area contributed by atoms with Gasteiger partial charge in [-0.15, -0.1) is 0 Å². The second kappa shape index (κ2) is 9.96. The fraction of sp³-hybridized carbons (Fsp3) is 0.130. The summed E-state index contributed by atoms with van der Waals surface area (Å²) < 4.78 is 67.6. The molecule has 0 saturated carbocycles. The van der Waals surface area contributed by atoms with E-state index in [1.165, 1.54) is 24.3 Å². The molecule has 0 bridgehead atoms. The summed E-state index contributed by atoms with van der Waals surface area (Å²) in [5.41, 5.74) is 1.15. The molecule has 3 aromatic carbocycles. The van der Waals surface area contributed by atoms with E-state index in [0.717, 1.165) is 11.6 Å². The summed E-state index contributed by atoms with van der Waals surface area (Å²) in [6.45, 7) is 2.89. The Morgan fingerprint density at radius 2 is 1.56 bits per heavy atom. The average Bonchev–Trinajstić information content (AvgIpc) is 2.79. The van der Waals surface area contributed by atoms with Crippen LogP contribution in [0.15, 0.2) is 59.5 Å². The van der Waals surface area contributed by atoms with Crippen LogP contribution in [0.1, 0.15) is 21.5 Å². The maximum Gasteiger partial charge on any atom is 0.262 e. The minimum absolute atomic E-state index is 0.126. The lowest BCUT2D eigenvalue weighted by Gasteiger charge is -2.12. The number of carbonyl (C=O) groups is 2. The normalized spacial score (nSPS) is 11.1. The van der Waals surface area contributed by atoms with E-state index in [4.69, 9.17) is 0 Å². The quantitative estimate of drug-likeness (QED) is 0.436. The molecule has 3 N–H and O–H groups in total. The van der Waals surface area contributed by atoms with Crippen molar-refractivity contribution in [2.24, 2.45) is 0 Å². The van der Waals surface area contributed by atoms with Gasteiger partial charge in [-0.1, -0.05) is 12.1 Å². The Morgan fingerprint density at radius 3 is 2.24 bits per heavy atom. The average molecular weight is 491 g/mol. The van der Waals surface area contributed by atoms with Gasteiger partial charge in [0.05, 0.1) is 17.1 Å². The number of nitrogens with one attached hydrogen (secondary N) is 3. The van der Waals surface area contributed by atoms with E-state index in [9.17, 15) is 31.2 Å². The predicted octanol–water partition coefficient (Wildman–Crippen LogP) is 3.89. The molecule has 3 aromatic rings. The van der Waals surface area contributed by atoms with Gasteiger partial charge in [-0.05, 0) is 67.4 Å².